The van der Waals surface area contributed by atoms with Crippen LogP contribution in [0.2, 0.25) is 0 Å². The van der Waals surface area contributed by atoms with E-state index in [2.05, 4.69) is 0 Å². The van der Waals surface area contributed by atoms with Gasteiger partial charge < -0.3 is 5.11 Å². The minimum Gasteiger partial charge on any atom is -0.478 e. The van der Waals surface area contributed by atoms with Gasteiger partial charge in [-0.25, -0.2) is 9.18 Å². The monoisotopic (exact) mass is 118 g/mol. The third-order valence-electron chi connectivity index (χ3n) is 0.838. The first-order chi connectivity index (χ1) is 3.55. The van der Waals surface area contributed by atoms with E-state index < -0.39 is 11.8 Å². The van der Waals surface area contributed by atoms with Crippen LogP contribution in [-0.4, -0.2) is 11.1 Å². The van der Waals surface area contributed by atoms with Gasteiger partial charge in [0.15, 0.2) is 0 Å². The van der Waals surface area contributed by atoms with E-state index in [0.717, 1.165) is 6.92 Å². The molecule has 2 nitrogen and oxygen atoms in total. The van der Waals surface area contributed by atoms with Crippen LogP contribution in [-0.2, 0) is 4.79 Å². The number of allylic oxidation sites excluding steroid dienone is 1. The first-order valence-electron chi connectivity index (χ1n) is 2.12. The zero-order valence-corrected chi connectivity index (χ0v) is 4.73. The third-order valence-corrected chi connectivity index (χ3v) is 0.838. The quantitative estimate of drug-likeness (QED) is 0.527. The molecule has 0 aliphatic heterocycles. The Kier molecular flexibility index (Phi) is 2.19. The summed E-state index contributed by atoms with van der Waals surface area (Å²) in [6, 6.07) is 0. The second-order valence-electron chi connectivity index (χ2n) is 1.46. The molecule has 0 fully saturated rings. The highest BCUT2D eigenvalue weighted by molar-refractivity contribution is 5.86. The zero-order valence-electron chi connectivity index (χ0n) is 4.73. The van der Waals surface area contributed by atoms with Crippen molar-refractivity contribution in [2.45, 2.75) is 13.8 Å². The van der Waals surface area contributed by atoms with Crippen molar-refractivity contribution in [1.82, 2.24) is 0 Å². The number of carboxylic acids is 1. The topological polar surface area (TPSA) is 37.3 Å². The second kappa shape index (κ2) is 2.45. The van der Waals surface area contributed by atoms with Gasteiger partial charge in [-0.1, -0.05) is 0 Å². The molecule has 0 aromatic carbocycles. The Morgan fingerprint density at radius 3 is 1.88 bits per heavy atom. The molecule has 1 N–H and O–H groups in total. The molecule has 0 bridgehead atoms. The summed E-state index contributed by atoms with van der Waals surface area (Å²) in [6.45, 7) is 2.33. The Bertz CT molecular complexity index is 133. The maximum atomic E-state index is 11.8. The molecule has 0 atom stereocenters. The van der Waals surface area contributed by atoms with Crippen molar-refractivity contribution >= 4 is 5.97 Å². The Morgan fingerprint density at radius 2 is 1.88 bits per heavy atom. The molecule has 0 aliphatic carbocycles. The van der Waals surface area contributed by atoms with Crippen LogP contribution < -0.4 is 0 Å². The number of rotatable bonds is 1. The zero-order chi connectivity index (χ0) is 6.73. The molecule has 0 rings (SSSR count). The van der Waals surface area contributed by atoms with Crippen molar-refractivity contribution in [2.75, 3.05) is 0 Å². The normalized spacial score (nSPS) is 12.9. The lowest BCUT2D eigenvalue weighted by Crippen LogP contribution is -1.96. The fraction of sp³-hybridized carbons (Fsp3) is 0.400. The summed E-state index contributed by atoms with van der Waals surface area (Å²) < 4.78 is 11.8. The average Bonchev–Trinajstić information content (AvgIpc) is 1.64. The number of carbonyl (C=O) groups is 1. The summed E-state index contributed by atoms with van der Waals surface area (Å²) in [5.41, 5.74) is -0.231. The van der Waals surface area contributed by atoms with Crippen molar-refractivity contribution in [2.24, 2.45) is 0 Å². The Hall–Kier alpha value is -0.860. The number of aliphatic carboxylic acids is 1. The number of hydrogen-bond acceptors (Lipinski definition) is 1. The van der Waals surface area contributed by atoms with Crippen molar-refractivity contribution in [1.29, 1.82) is 0 Å². The SMILES string of the molecule is CC(F)=C(C)C(=O)O. The van der Waals surface area contributed by atoms with E-state index >= 15 is 0 Å². The molecule has 0 aliphatic rings. The molecule has 0 unspecified atom stereocenters. The van der Waals surface area contributed by atoms with E-state index in [4.69, 9.17) is 5.11 Å². The summed E-state index contributed by atoms with van der Waals surface area (Å²) in [6.07, 6.45) is 0. The van der Waals surface area contributed by atoms with Gasteiger partial charge in [0.25, 0.3) is 0 Å². The fourth-order valence-electron chi connectivity index (χ4n) is 0.147. The second-order valence-corrected chi connectivity index (χ2v) is 1.46. The molecule has 0 amide bonds. The van der Waals surface area contributed by atoms with Gasteiger partial charge >= 0.3 is 5.97 Å². The minimum absolute atomic E-state index is 0.231. The highest BCUT2D eigenvalue weighted by Gasteiger charge is 2.02. The molecule has 8 heavy (non-hydrogen) atoms. The standard InChI is InChI=1S/C5H7FO2/c1-3(4(2)6)5(7)8/h1-2H3,(H,7,8). The highest BCUT2D eigenvalue weighted by atomic mass is 19.1. The lowest BCUT2D eigenvalue weighted by Gasteiger charge is -1.88. The van der Waals surface area contributed by atoms with E-state index in [1.807, 2.05) is 0 Å². The summed E-state index contributed by atoms with van der Waals surface area (Å²) in [5, 5.41) is 8.05. The number of halogens is 1. The van der Waals surface area contributed by atoms with E-state index in [9.17, 15) is 9.18 Å². The molecule has 0 spiro atoms. The molecule has 46 valence electrons. The van der Waals surface area contributed by atoms with Gasteiger partial charge in [0, 0.05) is 0 Å². The van der Waals surface area contributed by atoms with Crippen LogP contribution in [0.3, 0.4) is 0 Å². The molecule has 0 radical (unpaired) electrons. The molecule has 0 aromatic rings. The van der Waals surface area contributed by atoms with E-state index in [0.29, 0.717) is 0 Å². The summed E-state index contributed by atoms with van der Waals surface area (Å²) >= 11 is 0. The van der Waals surface area contributed by atoms with Crippen LogP contribution in [0.5, 0.6) is 0 Å². The summed E-state index contributed by atoms with van der Waals surface area (Å²) in [4.78, 5) is 9.84. The lowest BCUT2D eigenvalue weighted by molar-refractivity contribution is -0.132. The number of hydrogen-bond donors (Lipinski definition) is 1. The first kappa shape index (κ1) is 7.14. The van der Waals surface area contributed by atoms with Crippen LogP contribution in [0, 0.1) is 0 Å². The van der Waals surface area contributed by atoms with Gasteiger partial charge in [-0.3, -0.25) is 0 Å². The third kappa shape index (κ3) is 1.73. The highest BCUT2D eigenvalue weighted by Crippen LogP contribution is 2.02. The number of carboxylic acid groups (broad SMARTS) is 1. The van der Waals surface area contributed by atoms with E-state index in [1.165, 1.54) is 6.92 Å². The summed E-state index contributed by atoms with van der Waals surface area (Å²) in [5.74, 6) is -1.84. The fourth-order valence-corrected chi connectivity index (χ4v) is 0.147. The van der Waals surface area contributed by atoms with Crippen LogP contribution in [0.1, 0.15) is 13.8 Å². The van der Waals surface area contributed by atoms with Crippen molar-refractivity contribution in [3.05, 3.63) is 11.4 Å². The maximum absolute atomic E-state index is 11.8. The van der Waals surface area contributed by atoms with Crippen LogP contribution in [0.15, 0.2) is 11.4 Å². The van der Waals surface area contributed by atoms with Crippen LogP contribution in [0.25, 0.3) is 0 Å². The van der Waals surface area contributed by atoms with Crippen molar-refractivity contribution in [3.8, 4) is 0 Å². The molecular weight excluding hydrogens is 111 g/mol. The molecule has 3 heteroatoms. The van der Waals surface area contributed by atoms with Gasteiger partial charge in [0.1, 0.15) is 5.83 Å². The minimum atomic E-state index is -1.20. The summed E-state index contributed by atoms with van der Waals surface area (Å²) in [7, 11) is 0. The van der Waals surface area contributed by atoms with Gasteiger partial charge in [0.05, 0.1) is 5.57 Å². The van der Waals surface area contributed by atoms with Gasteiger partial charge in [-0.05, 0) is 13.8 Å². The molecule has 0 heterocycles. The van der Waals surface area contributed by atoms with E-state index in [-0.39, 0.29) is 5.57 Å². The average molecular weight is 118 g/mol. The van der Waals surface area contributed by atoms with Gasteiger partial charge in [-0.15, -0.1) is 0 Å². The van der Waals surface area contributed by atoms with Crippen LogP contribution >= 0.6 is 0 Å². The molecule has 0 aromatic heterocycles. The smallest absolute Gasteiger partial charge is 0.333 e. The maximum Gasteiger partial charge on any atom is 0.333 e. The first-order valence-corrected chi connectivity index (χ1v) is 2.12. The molecule has 0 saturated carbocycles. The molecule has 0 saturated heterocycles. The predicted molar refractivity (Wildman–Crippen MR) is 27.1 cm³/mol. The molecular formula is C5H7FO2. The van der Waals surface area contributed by atoms with Gasteiger partial charge in [0.2, 0.25) is 0 Å². The van der Waals surface area contributed by atoms with Gasteiger partial charge in [-0.2, -0.15) is 0 Å². The Morgan fingerprint density at radius 1 is 1.50 bits per heavy atom. The van der Waals surface area contributed by atoms with Crippen molar-refractivity contribution < 1.29 is 14.3 Å². The van der Waals surface area contributed by atoms with Crippen molar-refractivity contribution in [3.63, 3.8) is 0 Å². The largest absolute Gasteiger partial charge is 0.478 e. The van der Waals surface area contributed by atoms with Crippen LogP contribution in [0.4, 0.5) is 4.39 Å². The Labute approximate surface area is 46.6 Å². The predicted octanol–water partition coefficient (Wildman–Crippen LogP) is 1.33. The lowest BCUT2D eigenvalue weighted by atomic mass is 10.3. The Balaban J connectivity index is 4.23. The van der Waals surface area contributed by atoms with E-state index in [1.54, 1.807) is 0 Å².